The van der Waals surface area contributed by atoms with Crippen molar-refractivity contribution < 1.29 is 44.1 Å². The van der Waals surface area contributed by atoms with Crippen LogP contribution < -0.4 is 41.0 Å². The van der Waals surface area contributed by atoms with Gasteiger partial charge in [0.25, 0.3) is 0 Å². The van der Waals surface area contributed by atoms with Crippen LogP contribution in [0.1, 0.15) is 30.9 Å². The standard InChI is InChI=1S/C41H50N4O11/c1-21-18-23-29-34-30(39(50)38(23)45-9-7-43-11-15-56-17-13-47)24(48)19-26(52-3)32(34)33-27(53-4)20-25(49)31-36(33)35(29)37(41(54-5)40(31)51)28(21)22(2)44-8-6-42-10-14-55-16-12-46/h18-20,28,42-43,45-47,50-51H,6-17H2,1-5H3. The average Bonchev–Trinajstić information content (AvgIpc) is 3.31. The quantitative estimate of drug-likeness (QED) is 0.0188. The van der Waals surface area contributed by atoms with Crippen molar-refractivity contribution in [2.24, 2.45) is 4.99 Å². The first kappa shape index (κ1) is 40.6. The molecule has 0 aliphatic heterocycles. The molecule has 5 aromatic rings. The number of methoxy groups -OCH3 is 3. The number of aromatic hydroxyl groups is 2. The summed E-state index contributed by atoms with van der Waals surface area (Å²) < 4.78 is 28.4. The first-order chi connectivity index (χ1) is 27.2. The number of phenolic OH excluding ortho intramolecular Hbond substituents is 2. The summed E-state index contributed by atoms with van der Waals surface area (Å²) in [5.74, 6) is -0.635. The van der Waals surface area contributed by atoms with E-state index in [2.05, 4.69) is 16.0 Å². The van der Waals surface area contributed by atoms with E-state index in [9.17, 15) is 19.8 Å². The van der Waals surface area contributed by atoms with Gasteiger partial charge in [-0.3, -0.25) is 14.6 Å². The van der Waals surface area contributed by atoms with E-state index in [1.165, 1.54) is 33.5 Å². The minimum absolute atomic E-state index is 0.0186. The number of aliphatic hydroxyl groups excluding tert-OH is 2. The molecule has 7 N–H and O–H groups in total. The van der Waals surface area contributed by atoms with Gasteiger partial charge in [-0.1, -0.05) is 11.6 Å². The van der Waals surface area contributed by atoms with E-state index >= 15 is 0 Å². The summed E-state index contributed by atoms with van der Waals surface area (Å²) in [6.45, 7) is 8.03. The molecule has 1 aliphatic rings. The predicted molar refractivity (Wildman–Crippen MR) is 219 cm³/mol. The lowest BCUT2D eigenvalue weighted by Gasteiger charge is -2.26. The molecule has 0 amide bonds. The van der Waals surface area contributed by atoms with Gasteiger partial charge in [-0.25, -0.2) is 0 Å². The average molecular weight is 775 g/mol. The zero-order valence-corrected chi connectivity index (χ0v) is 32.4. The zero-order chi connectivity index (χ0) is 40.1. The number of nitrogens with zero attached hydrogens (tertiary/aromatic N) is 1. The number of ether oxygens (including phenoxy) is 5. The maximum absolute atomic E-state index is 14.1. The Morgan fingerprint density at radius 1 is 0.696 bits per heavy atom. The van der Waals surface area contributed by atoms with Gasteiger partial charge in [0, 0.05) is 94.5 Å². The Morgan fingerprint density at radius 3 is 1.84 bits per heavy atom. The van der Waals surface area contributed by atoms with Crippen LogP contribution in [-0.2, 0) is 9.47 Å². The van der Waals surface area contributed by atoms with Crippen LogP contribution in [-0.4, -0.2) is 126 Å². The van der Waals surface area contributed by atoms with Crippen molar-refractivity contribution in [1.29, 1.82) is 0 Å². The molecule has 0 heterocycles. The number of allylic oxidation sites excluding steroid dienone is 1. The summed E-state index contributed by atoms with van der Waals surface area (Å²) in [7, 11) is 4.33. The molecule has 1 aliphatic carbocycles. The van der Waals surface area contributed by atoms with Crippen molar-refractivity contribution >= 4 is 60.6 Å². The Morgan fingerprint density at radius 2 is 1.27 bits per heavy atom. The van der Waals surface area contributed by atoms with Crippen LogP contribution in [0.4, 0.5) is 5.69 Å². The van der Waals surface area contributed by atoms with E-state index < -0.39 is 16.8 Å². The second-order valence-corrected chi connectivity index (χ2v) is 13.5. The van der Waals surface area contributed by atoms with Crippen molar-refractivity contribution in [2.45, 2.75) is 19.8 Å². The highest BCUT2D eigenvalue weighted by atomic mass is 16.5. The number of hydrogen-bond acceptors (Lipinski definition) is 15. The topological polar surface area (TPSA) is 210 Å². The molecule has 15 heteroatoms. The van der Waals surface area contributed by atoms with Gasteiger partial charge in [0.2, 0.25) is 0 Å². The third-order valence-electron chi connectivity index (χ3n) is 10.2. The summed E-state index contributed by atoms with van der Waals surface area (Å²) in [6.07, 6.45) is 1.95. The van der Waals surface area contributed by atoms with Crippen LogP contribution in [0, 0.1) is 0 Å². The number of fused-ring (bicyclic) bond motifs is 1. The Hall–Kier alpha value is -5.03. The van der Waals surface area contributed by atoms with E-state index in [-0.39, 0.29) is 65.9 Å². The van der Waals surface area contributed by atoms with Gasteiger partial charge in [0.05, 0.1) is 84.0 Å². The molecule has 56 heavy (non-hydrogen) atoms. The van der Waals surface area contributed by atoms with Crippen molar-refractivity contribution in [3.8, 4) is 28.7 Å². The third-order valence-corrected chi connectivity index (χ3v) is 10.2. The molecule has 300 valence electrons. The predicted octanol–water partition coefficient (Wildman–Crippen LogP) is 2.90. The molecule has 15 nitrogen and oxygen atoms in total. The second-order valence-electron chi connectivity index (χ2n) is 13.5. The lowest BCUT2D eigenvalue weighted by atomic mass is 9.80. The highest BCUT2D eigenvalue weighted by Crippen LogP contribution is 2.58. The number of nitrogens with one attached hydrogen (secondary N) is 3. The monoisotopic (exact) mass is 774 g/mol. The lowest BCUT2D eigenvalue weighted by Crippen LogP contribution is -2.26. The molecular weight excluding hydrogens is 724 g/mol. The molecular formula is C41H50N4O11. The minimum atomic E-state index is -0.575. The Balaban J connectivity index is 1.66. The summed E-state index contributed by atoms with van der Waals surface area (Å²) in [5.41, 5.74) is 1.99. The van der Waals surface area contributed by atoms with Crippen molar-refractivity contribution in [2.75, 3.05) is 106 Å². The number of hydrogen-bond donors (Lipinski definition) is 7. The van der Waals surface area contributed by atoms with Gasteiger partial charge in [0.1, 0.15) is 11.5 Å². The van der Waals surface area contributed by atoms with Crippen molar-refractivity contribution in [1.82, 2.24) is 10.6 Å². The highest BCUT2D eigenvalue weighted by molar-refractivity contribution is 6.40. The summed E-state index contributed by atoms with van der Waals surface area (Å²) in [4.78, 5) is 33.1. The van der Waals surface area contributed by atoms with E-state index in [1.807, 2.05) is 19.9 Å². The van der Waals surface area contributed by atoms with Crippen LogP contribution in [0.5, 0.6) is 28.7 Å². The molecule has 5 aromatic carbocycles. The van der Waals surface area contributed by atoms with Crippen LogP contribution in [0.25, 0.3) is 49.2 Å². The largest absolute Gasteiger partial charge is 0.505 e. The fourth-order valence-corrected chi connectivity index (χ4v) is 8.01. The van der Waals surface area contributed by atoms with Crippen LogP contribution in [0.3, 0.4) is 0 Å². The van der Waals surface area contributed by atoms with Crippen LogP contribution in [0.15, 0.2) is 32.3 Å². The smallest absolute Gasteiger partial charge is 0.194 e. The third kappa shape index (κ3) is 7.22. The summed E-state index contributed by atoms with van der Waals surface area (Å²) in [5, 5.41) is 55.0. The van der Waals surface area contributed by atoms with Gasteiger partial charge in [0.15, 0.2) is 28.1 Å². The van der Waals surface area contributed by atoms with Gasteiger partial charge in [-0.15, -0.1) is 0 Å². The number of phenols is 2. The first-order valence-electron chi connectivity index (χ1n) is 18.6. The summed E-state index contributed by atoms with van der Waals surface area (Å²) in [6, 6.07) is 2.62. The zero-order valence-electron chi connectivity index (χ0n) is 32.4. The fourth-order valence-electron chi connectivity index (χ4n) is 8.01. The molecule has 1 atom stereocenters. The molecule has 0 aromatic heterocycles. The Kier molecular flexibility index (Phi) is 12.9. The number of benzene rings is 5. The minimum Gasteiger partial charge on any atom is -0.505 e. The van der Waals surface area contributed by atoms with E-state index in [1.54, 1.807) is 0 Å². The van der Waals surface area contributed by atoms with Crippen molar-refractivity contribution in [3.05, 3.63) is 49.3 Å². The maximum Gasteiger partial charge on any atom is 0.194 e. The second kappa shape index (κ2) is 17.8. The molecule has 0 saturated heterocycles. The molecule has 0 fully saturated rings. The fraction of sp³-hybridized carbons (Fsp3) is 0.439. The lowest BCUT2D eigenvalue weighted by molar-refractivity contribution is 0.0941. The molecule has 0 saturated carbocycles. The molecule has 0 radical (unpaired) electrons. The van der Waals surface area contributed by atoms with Crippen molar-refractivity contribution in [3.63, 3.8) is 0 Å². The number of rotatable bonds is 21. The van der Waals surface area contributed by atoms with E-state index in [0.29, 0.717) is 107 Å². The van der Waals surface area contributed by atoms with Crippen LogP contribution >= 0.6 is 0 Å². The summed E-state index contributed by atoms with van der Waals surface area (Å²) >= 11 is 0. The molecule has 6 rings (SSSR count). The number of aliphatic hydroxyl groups is 2. The van der Waals surface area contributed by atoms with Crippen LogP contribution in [0.2, 0.25) is 0 Å². The normalized spacial score (nSPS) is 14.4. The van der Waals surface area contributed by atoms with Gasteiger partial charge in [-0.05, 0) is 19.2 Å². The molecule has 1 unspecified atom stereocenters. The highest BCUT2D eigenvalue weighted by Gasteiger charge is 2.36. The van der Waals surface area contributed by atoms with Gasteiger partial charge in [-0.2, -0.15) is 0 Å². The van der Waals surface area contributed by atoms with E-state index in [4.69, 9.17) is 38.9 Å². The Bertz CT molecular complexity index is 2400. The SMILES string of the molecule is COc1c(O)c2c(=O)cc(OC)c3c4c(OC)cc(=O)c5c(O)c(NCCNCCOCCO)c6c(c(c1C(C(C)=NCCNCCOCCO)C(C)=C6)c23)c54. The van der Waals surface area contributed by atoms with E-state index in [0.717, 1.165) is 5.57 Å². The molecule has 0 bridgehead atoms. The van der Waals surface area contributed by atoms with Gasteiger partial charge < -0.3 is 60.1 Å². The number of aliphatic imine (C=N–C) groups is 1. The van der Waals surface area contributed by atoms with Gasteiger partial charge >= 0.3 is 0 Å². The Labute approximate surface area is 323 Å². The first-order valence-corrected chi connectivity index (χ1v) is 18.6. The number of anilines is 1. The molecule has 0 spiro atoms. The maximum atomic E-state index is 14.1.